The van der Waals surface area contributed by atoms with E-state index in [1.807, 2.05) is 0 Å². The van der Waals surface area contributed by atoms with Gasteiger partial charge in [-0.1, -0.05) is 0 Å². The van der Waals surface area contributed by atoms with Gasteiger partial charge in [-0.25, -0.2) is 0 Å². The number of aliphatic hydroxyl groups is 7. The zero-order valence-corrected chi connectivity index (χ0v) is 9.25. The summed E-state index contributed by atoms with van der Waals surface area (Å²) >= 11 is 0. The molecule has 104 valence electrons. The van der Waals surface area contributed by atoms with Crippen molar-refractivity contribution in [2.75, 3.05) is 26.4 Å². The van der Waals surface area contributed by atoms with Gasteiger partial charge in [0, 0.05) is 0 Å². The fourth-order valence-electron chi connectivity index (χ4n) is 1.04. The van der Waals surface area contributed by atoms with Crippen molar-refractivity contribution in [2.24, 2.45) is 0 Å². The van der Waals surface area contributed by atoms with Gasteiger partial charge in [-0.05, 0) is 0 Å². The molecule has 0 aromatic carbocycles. The van der Waals surface area contributed by atoms with Gasteiger partial charge in [0.1, 0.15) is 30.5 Å². The van der Waals surface area contributed by atoms with Gasteiger partial charge in [-0.3, -0.25) is 0 Å². The van der Waals surface area contributed by atoms with Gasteiger partial charge in [0.05, 0.1) is 26.4 Å². The van der Waals surface area contributed by atoms with Gasteiger partial charge >= 0.3 is 0 Å². The minimum Gasteiger partial charge on any atom is -0.394 e. The molecule has 0 radical (unpaired) electrons. The number of ether oxygens (including phenoxy) is 1. The molecule has 0 aromatic rings. The number of hydrogen-bond donors (Lipinski definition) is 7. The van der Waals surface area contributed by atoms with E-state index in [0.29, 0.717) is 0 Å². The maximum Gasteiger partial charge on any atom is 0.111 e. The van der Waals surface area contributed by atoms with Crippen LogP contribution >= 0.6 is 0 Å². The van der Waals surface area contributed by atoms with Crippen LogP contribution in [-0.2, 0) is 4.74 Å². The summed E-state index contributed by atoms with van der Waals surface area (Å²) in [6, 6.07) is 0. The predicted molar refractivity (Wildman–Crippen MR) is 55.0 cm³/mol. The van der Waals surface area contributed by atoms with Crippen LogP contribution in [0.25, 0.3) is 0 Å². The Bertz CT molecular complexity index is 190. The SMILES string of the molecule is OCC(O)COC[C@H](O)[C@@H](O)[C@@H](O)[C@H](O)CO. The molecule has 0 saturated carbocycles. The van der Waals surface area contributed by atoms with E-state index in [1.165, 1.54) is 0 Å². The molecule has 8 heteroatoms. The van der Waals surface area contributed by atoms with Crippen molar-refractivity contribution in [3.05, 3.63) is 0 Å². The van der Waals surface area contributed by atoms with Crippen molar-refractivity contribution in [1.82, 2.24) is 0 Å². The molecule has 1 unspecified atom stereocenters. The molecule has 7 N–H and O–H groups in total. The Morgan fingerprint density at radius 1 is 0.706 bits per heavy atom. The van der Waals surface area contributed by atoms with Crippen molar-refractivity contribution < 1.29 is 40.5 Å². The molecule has 0 heterocycles. The molecule has 0 bridgehead atoms. The van der Waals surface area contributed by atoms with Crippen LogP contribution in [0.1, 0.15) is 0 Å². The monoisotopic (exact) mass is 256 g/mol. The summed E-state index contributed by atoms with van der Waals surface area (Å²) in [5, 5.41) is 62.8. The van der Waals surface area contributed by atoms with Crippen LogP contribution in [0.3, 0.4) is 0 Å². The molecule has 0 spiro atoms. The standard InChI is InChI=1S/C9H20O8/c10-1-5(12)3-17-4-7(14)9(16)8(15)6(13)2-11/h5-16H,1-4H2/t5?,6-,7+,8+,9-/m1/s1. The first-order chi connectivity index (χ1) is 7.93. The summed E-state index contributed by atoms with van der Waals surface area (Å²) in [7, 11) is 0. The van der Waals surface area contributed by atoms with Crippen LogP contribution in [0.2, 0.25) is 0 Å². The maximum absolute atomic E-state index is 9.35. The van der Waals surface area contributed by atoms with E-state index < -0.39 is 50.3 Å². The van der Waals surface area contributed by atoms with E-state index in [4.69, 9.17) is 25.2 Å². The van der Waals surface area contributed by atoms with Gasteiger partial charge in [-0.2, -0.15) is 0 Å². The molecule has 17 heavy (non-hydrogen) atoms. The maximum atomic E-state index is 9.35. The summed E-state index contributed by atoms with van der Waals surface area (Å²) in [5.74, 6) is 0. The molecule has 0 rings (SSSR count). The lowest BCUT2D eigenvalue weighted by Crippen LogP contribution is -2.47. The Hall–Kier alpha value is -0.320. The molecule has 0 aliphatic rings. The van der Waals surface area contributed by atoms with E-state index in [-0.39, 0.29) is 6.61 Å². The van der Waals surface area contributed by atoms with Crippen LogP contribution in [0.4, 0.5) is 0 Å². The third-order valence-corrected chi connectivity index (χ3v) is 2.14. The smallest absolute Gasteiger partial charge is 0.111 e. The zero-order chi connectivity index (χ0) is 13.4. The minimum atomic E-state index is -1.71. The number of hydrogen-bond acceptors (Lipinski definition) is 8. The zero-order valence-electron chi connectivity index (χ0n) is 9.25. The van der Waals surface area contributed by atoms with Crippen molar-refractivity contribution in [1.29, 1.82) is 0 Å². The lowest BCUT2D eigenvalue weighted by molar-refractivity contribution is -0.132. The van der Waals surface area contributed by atoms with Crippen molar-refractivity contribution in [3.8, 4) is 0 Å². The quantitative estimate of drug-likeness (QED) is 0.219. The molecule has 0 fully saturated rings. The molecule has 8 nitrogen and oxygen atoms in total. The second-order valence-electron chi connectivity index (χ2n) is 3.67. The van der Waals surface area contributed by atoms with Crippen LogP contribution < -0.4 is 0 Å². The lowest BCUT2D eigenvalue weighted by atomic mass is 10.0. The summed E-state index contributed by atoms with van der Waals surface area (Å²) in [6.07, 6.45) is -7.54. The second-order valence-corrected chi connectivity index (χ2v) is 3.67. The van der Waals surface area contributed by atoms with Gasteiger partial charge in [0.2, 0.25) is 0 Å². The highest BCUT2D eigenvalue weighted by Crippen LogP contribution is 2.05. The third-order valence-electron chi connectivity index (χ3n) is 2.14. The van der Waals surface area contributed by atoms with Crippen molar-refractivity contribution in [2.45, 2.75) is 30.5 Å². The Morgan fingerprint density at radius 2 is 1.24 bits per heavy atom. The van der Waals surface area contributed by atoms with Crippen LogP contribution in [-0.4, -0.2) is 92.7 Å². The minimum absolute atomic E-state index is 0.237. The average molecular weight is 256 g/mol. The predicted octanol–water partition coefficient (Wildman–Crippen LogP) is -4.21. The molecule has 5 atom stereocenters. The van der Waals surface area contributed by atoms with Crippen molar-refractivity contribution >= 4 is 0 Å². The fraction of sp³-hybridized carbons (Fsp3) is 1.00. The normalized spacial score (nSPS) is 20.6. The Balaban J connectivity index is 3.92. The first kappa shape index (κ1) is 16.7. The second kappa shape index (κ2) is 8.72. The molecule has 0 aliphatic carbocycles. The Morgan fingerprint density at radius 3 is 1.71 bits per heavy atom. The topological polar surface area (TPSA) is 151 Å². The Labute approximate surface area is 98.3 Å². The first-order valence-corrected chi connectivity index (χ1v) is 5.13. The number of aliphatic hydroxyl groups excluding tert-OH is 7. The first-order valence-electron chi connectivity index (χ1n) is 5.13. The summed E-state index contributed by atoms with van der Waals surface area (Å²) in [4.78, 5) is 0. The molecular formula is C9H20O8. The highest BCUT2D eigenvalue weighted by Gasteiger charge is 2.30. The largest absolute Gasteiger partial charge is 0.394 e. The van der Waals surface area contributed by atoms with Gasteiger partial charge < -0.3 is 40.5 Å². The molecular weight excluding hydrogens is 236 g/mol. The fourth-order valence-corrected chi connectivity index (χ4v) is 1.04. The van der Waals surface area contributed by atoms with Crippen molar-refractivity contribution in [3.63, 3.8) is 0 Å². The highest BCUT2D eigenvalue weighted by atomic mass is 16.5. The summed E-state index contributed by atoms with van der Waals surface area (Å²) in [6.45, 7) is -1.88. The third kappa shape index (κ3) is 6.24. The molecule has 0 saturated heterocycles. The van der Waals surface area contributed by atoms with Crippen LogP contribution in [0, 0.1) is 0 Å². The van der Waals surface area contributed by atoms with E-state index >= 15 is 0 Å². The van der Waals surface area contributed by atoms with E-state index in [0.717, 1.165) is 0 Å². The lowest BCUT2D eigenvalue weighted by Gasteiger charge is -2.25. The molecule has 0 amide bonds. The average Bonchev–Trinajstić information content (AvgIpc) is 2.35. The Kier molecular flexibility index (Phi) is 8.56. The van der Waals surface area contributed by atoms with Crippen LogP contribution in [0.5, 0.6) is 0 Å². The molecule has 0 aromatic heterocycles. The highest BCUT2D eigenvalue weighted by molar-refractivity contribution is 4.80. The van der Waals surface area contributed by atoms with Gasteiger partial charge in [0.25, 0.3) is 0 Å². The number of rotatable bonds is 9. The van der Waals surface area contributed by atoms with E-state index in [2.05, 4.69) is 0 Å². The van der Waals surface area contributed by atoms with E-state index in [1.54, 1.807) is 0 Å². The van der Waals surface area contributed by atoms with Crippen LogP contribution in [0.15, 0.2) is 0 Å². The molecule has 0 aliphatic heterocycles. The summed E-state index contributed by atoms with van der Waals surface area (Å²) in [5.41, 5.74) is 0. The van der Waals surface area contributed by atoms with E-state index in [9.17, 15) is 15.3 Å². The van der Waals surface area contributed by atoms with Gasteiger partial charge in [-0.15, -0.1) is 0 Å². The van der Waals surface area contributed by atoms with Gasteiger partial charge in [0.15, 0.2) is 0 Å². The summed E-state index contributed by atoms with van der Waals surface area (Å²) < 4.78 is 4.76.